The highest BCUT2D eigenvalue weighted by molar-refractivity contribution is 8.76. The number of likely N-dealkylation sites (N-methyl/N-ethyl adjacent to an activating group) is 1. The Kier molecular flexibility index (Phi) is 12.3. The average molecular weight is 768 g/mol. The number of amides is 3. The summed E-state index contributed by atoms with van der Waals surface area (Å²) in [5, 5.41) is 14.4. The van der Waals surface area contributed by atoms with Gasteiger partial charge in [-0.15, -0.1) is 0 Å². The molecule has 4 heterocycles. The molecule has 3 fully saturated rings. The minimum absolute atomic E-state index is 0.0352. The van der Waals surface area contributed by atoms with E-state index in [-0.39, 0.29) is 36.7 Å². The number of epoxide rings is 1. The number of benzene rings is 1. The summed E-state index contributed by atoms with van der Waals surface area (Å²) in [5.41, 5.74) is -0.976. The molecular formula is C35H46ClN3O10S2. The van der Waals surface area contributed by atoms with E-state index in [0.29, 0.717) is 23.6 Å². The van der Waals surface area contributed by atoms with Crippen LogP contribution in [0.4, 0.5) is 10.5 Å². The van der Waals surface area contributed by atoms with Gasteiger partial charge in [0.05, 0.1) is 31.9 Å². The van der Waals surface area contributed by atoms with E-state index in [1.165, 1.54) is 52.7 Å². The molecule has 4 aliphatic heterocycles. The average Bonchev–Trinajstić information content (AvgIpc) is 3.77. The first-order chi connectivity index (χ1) is 24.1. The molecule has 13 nitrogen and oxygen atoms in total. The molecular weight excluding hydrogens is 722 g/mol. The standard InChI is InChI=1S/C35H46ClN3O10S2/c1-19-9-8-10-26(46-6)35(44)17-25(47-33(43)37-35)20(2)31-34(3,49-31)27-16-29(41)39(22-14-21(13-19)15-24(45-5)30(22)36)18-23(32(42)48-27)38(4)28(40)11-12-51-50-7/h8-10,14-15,20,23,25-27,31,44H,11-13,16-18H2,1-7H3,(H,37,43)/b10-8+,19-9+/t20-,23+,25+,26-,27+,31?,34-,35+/m1/s1. The molecule has 3 saturated heterocycles. The fraction of sp³-hybridized carbons (Fsp3) is 0.600. The smallest absolute Gasteiger partial charge is 0.409 e. The molecule has 5 rings (SSSR count). The van der Waals surface area contributed by atoms with Gasteiger partial charge < -0.3 is 38.6 Å². The molecule has 0 aromatic heterocycles. The van der Waals surface area contributed by atoms with Crippen molar-refractivity contribution in [3.05, 3.63) is 46.5 Å². The number of carbonyl (C=O) groups is 4. The molecule has 0 radical (unpaired) electrons. The zero-order valence-corrected chi connectivity index (χ0v) is 32.2. The van der Waals surface area contributed by atoms with E-state index in [0.717, 1.165) is 11.1 Å². The van der Waals surface area contributed by atoms with E-state index in [1.54, 1.807) is 31.2 Å². The Morgan fingerprint density at radius 1 is 1.24 bits per heavy atom. The minimum Gasteiger partial charge on any atom is -0.495 e. The first kappa shape index (κ1) is 39.3. The zero-order chi connectivity index (χ0) is 37.2. The van der Waals surface area contributed by atoms with Gasteiger partial charge in [0.1, 0.15) is 40.7 Å². The largest absolute Gasteiger partial charge is 0.495 e. The third-order valence-corrected chi connectivity index (χ3v) is 12.3. The summed E-state index contributed by atoms with van der Waals surface area (Å²) in [6, 6.07) is 2.39. The second kappa shape index (κ2) is 16.0. The fourth-order valence-electron chi connectivity index (χ4n) is 7.04. The van der Waals surface area contributed by atoms with Crippen LogP contribution >= 0.6 is 33.2 Å². The van der Waals surface area contributed by atoms with Crippen LogP contribution in [0.25, 0.3) is 0 Å². The number of fused-ring (bicyclic) bond motifs is 10. The quantitative estimate of drug-likeness (QED) is 0.176. The van der Waals surface area contributed by atoms with Gasteiger partial charge >= 0.3 is 12.1 Å². The van der Waals surface area contributed by atoms with Crippen molar-refractivity contribution in [2.45, 2.75) is 88.2 Å². The van der Waals surface area contributed by atoms with Gasteiger partial charge in [0.15, 0.2) is 5.72 Å². The van der Waals surface area contributed by atoms with Gasteiger partial charge in [-0.05, 0) is 44.2 Å². The summed E-state index contributed by atoms with van der Waals surface area (Å²) in [7, 11) is 7.51. The lowest BCUT2D eigenvalue weighted by atomic mass is 9.83. The molecule has 0 spiro atoms. The summed E-state index contributed by atoms with van der Waals surface area (Å²) in [4.78, 5) is 57.4. The number of allylic oxidation sites excluding steroid dienone is 3. The van der Waals surface area contributed by atoms with Crippen molar-refractivity contribution in [1.82, 2.24) is 10.2 Å². The van der Waals surface area contributed by atoms with E-state index >= 15 is 0 Å². The topological polar surface area (TPSA) is 156 Å². The van der Waals surface area contributed by atoms with E-state index in [4.69, 9.17) is 35.3 Å². The first-order valence-corrected chi connectivity index (χ1v) is 19.8. The van der Waals surface area contributed by atoms with E-state index < -0.39 is 65.7 Å². The summed E-state index contributed by atoms with van der Waals surface area (Å²) in [5.74, 6) is -1.02. The molecule has 0 aliphatic carbocycles. The van der Waals surface area contributed by atoms with Gasteiger partial charge in [-0.2, -0.15) is 0 Å². The predicted molar refractivity (Wildman–Crippen MR) is 195 cm³/mol. The maximum absolute atomic E-state index is 14.4. The maximum Gasteiger partial charge on any atom is 0.409 e. The number of methoxy groups -OCH3 is 2. The number of ether oxygens (including phenoxy) is 5. The molecule has 3 amide bonds. The lowest BCUT2D eigenvalue weighted by Crippen LogP contribution is -2.63. The lowest BCUT2D eigenvalue weighted by molar-refractivity contribution is -0.163. The van der Waals surface area contributed by atoms with Crippen LogP contribution in [-0.4, -0.2) is 115 Å². The molecule has 6 bridgehead atoms. The van der Waals surface area contributed by atoms with Crippen molar-refractivity contribution in [3.8, 4) is 5.75 Å². The van der Waals surface area contributed by atoms with Crippen LogP contribution in [0.3, 0.4) is 0 Å². The van der Waals surface area contributed by atoms with Crippen molar-refractivity contribution in [2.75, 3.05) is 44.7 Å². The molecule has 51 heavy (non-hydrogen) atoms. The molecule has 1 unspecified atom stereocenters. The summed E-state index contributed by atoms with van der Waals surface area (Å²) < 4.78 is 29.2. The Labute approximate surface area is 311 Å². The van der Waals surface area contributed by atoms with Gasteiger partial charge in [0, 0.05) is 38.7 Å². The number of halogens is 1. The van der Waals surface area contributed by atoms with Crippen LogP contribution in [-0.2, 0) is 39.8 Å². The second-order valence-electron chi connectivity index (χ2n) is 13.5. The van der Waals surface area contributed by atoms with Crippen molar-refractivity contribution in [1.29, 1.82) is 0 Å². The molecule has 0 saturated carbocycles. The number of anilines is 1. The second-order valence-corrected chi connectivity index (χ2v) is 16.6. The van der Waals surface area contributed by atoms with E-state index in [1.807, 2.05) is 26.2 Å². The Morgan fingerprint density at radius 3 is 2.67 bits per heavy atom. The maximum atomic E-state index is 14.4. The van der Waals surface area contributed by atoms with Crippen LogP contribution in [0.15, 0.2) is 35.9 Å². The molecule has 1 aromatic carbocycles. The number of carbonyl (C=O) groups excluding carboxylic acids is 4. The Hall–Kier alpha value is -2.95. The highest BCUT2D eigenvalue weighted by Gasteiger charge is 2.65. The monoisotopic (exact) mass is 767 g/mol. The van der Waals surface area contributed by atoms with Gasteiger partial charge in [0.2, 0.25) is 11.8 Å². The number of hydrogen-bond acceptors (Lipinski definition) is 12. The normalized spacial score (nSPS) is 34.1. The number of aliphatic hydroxyl groups is 1. The van der Waals surface area contributed by atoms with Gasteiger partial charge in [-0.1, -0.05) is 63.9 Å². The summed E-state index contributed by atoms with van der Waals surface area (Å²) in [6.07, 6.45) is 3.21. The number of nitrogens with one attached hydrogen (secondary N) is 1. The molecule has 2 N–H and O–H groups in total. The van der Waals surface area contributed by atoms with Crippen LogP contribution in [0.5, 0.6) is 5.75 Å². The van der Waals surface area contributed by atoms with Gasteiger partial charge in [0.25, 0.3) is 0 Å². The molecule has 280 valence electrons. The first-order valence-electron chi connectivity index (χ1n) is 16.7. The van der Waals surface area contributed by atoms with Crippen molar-refractivity contribution in [2.24, 2.45) is 5.92 Å². The van der Waals surface area contributed by atoms with Crippen LogP contribution in [0.1, 0.15) is 45.6 Å². The zero-order valence-electron chi connectivity index (χ0n) is 29.8. The molecule has 16 heteroatoms. The Bertz CT molecular complexity index is 1590. The van der Waals surface area contributed by atoms with Crippen molar-refractivity contribution >= 4 is 62.8 Å². The molecule has 1 aromatic rings. The van der Waals surface area contributed by atoms with Crippen LogP contribution in [0.2, 0.25) is 5.02 Å². The minimum atomic E-state index is -1.81. The Balaban J connectivity index is 1.62. The van der Waals surface area contributed by atoms with Crippen LogP contribution in [0, 0.1) is 5.92 Å². The lowest BCUT2D eigenvalue weighted by Gasteiger charge is -2.42. The predicted octanol–water partition coefficient (Wildman–Crippen LogP) is 4.28. The summed E-state index contributed by atoms with van der Waals surface area (Å²) in [6.45, 7) is 5.26. The number of esters is 1. The number of hydrogen-bond donors (Lipinski definition) is 2. The van der Waals surface area contributed by atoms with Crippen LogP contribution < -0.4 is 15.0 Å². The van der Waals surface area contributed by atoms with Crippen molar-refractivity contribution < 1.29 is 48.0 Å². The van der Waals surface area contributed by atoms with Crippen molar-refractivity contribution in [3.63, 3.8) is 0 Å². The number of alkyl carbamates (subject to hydrolysis) is 1. The fourth-order valence-corrected chi connectivity index (χ4v) is 8.50. The van der Waals surface area contributed by atoms with Gasteiger partial charge in [-0.25, -0.2) is 9.59 Å². The third-order valence-electron chi connectivity index (χ3n) is 10.1. The highest BCUT2D eigenvalue weighted by atomic mass is 35.5. The molecule has 8 atom stereocenters. The highest BCUT2D eigenvalue weighted by Crippen LogP contribution is 2.49. The number of nitrogens with zero attached hydrogens (tertiary/aromatic N) is 2. The Morgan fingerprint density at radius 2 is 1.98 bits per heavy atom. The molecule has 4 aliphatic rings. The number of rotatable bonds is 7. The SMILES string of the molecule is COc1cc2cc(c1Cl)N1C[C@H](N(C)C(=O)CCSSC)C(=O)O[C@@H](CC1=O)[C@@]1(C)OC1[C@H](C)[C@@H]1C[C@@](O)(NC(=O)O1)[C@H](OC)/C=C/C=C(\C)C2. The van der Waals surface area contributed by atoms with E-state index in [2.05, 4.69) is 5.32 Å². The third kappa shape index (κ3) is 8.33. The summed E-state index contributed by atoms with van der Waals surface area (Å²) >= 11 is 6.90. The van der Waals surface area contributed by atoms with Gasteiger partial charge in [-0.3, -0.25) is 14.9 Å². The van der Waals surface area contributed by atoms with E-state index in [9.17, 15) is 24.3 Å².